The van der Waals surface area contributed by atoms with Crippen molar-refractivity contribution in [3.05, 3.63) is 48.3 Å². The maximum atomic E-state index is 4.68. The highest BCUT2D eigenvalue weighted by Gasteiger charge is 2.09. The van der Waals surface area contributed by atoms with Gasteiger partial charge in [0.1, 0.15) is 5.82 Å². The zero-order valence-corrected chi connectivity index (χ0v) is 10.9. The number of pyridine rings is 1. The molecule has 0 aliphatic heterocycles. The van der Waals surface area contributed by atoms with Crippen molar-refractivity contribution in [3.8, 4) is 11.4 Å². The molecule has 0 saturated carbocycles. The summed E-state index contributed by atoms with van der Waals surface area (Å²) in [4.78, 5) is 8.82. The summed E-state index contributed by atoms with van der Waals surface area (Å²) in [5, 5.41) is 0. The zero-order chi connectivity index (χ0) is 12.5. The Hall–Kier alpha value is -1.81. The van der Waals surface area contributed by atoms with Crippen molar-refractivity contribution >= 4 is 23.7 Å². The van der Waals surface area contributed by atoms with E-state index in [0.29, 0.717) is 0 Å². The molecule has 3 nitrogen and oxygen atoms in total. The predicted octanol–water partition coefficient (Wildman–Crippen LogP) is 3.07. The molecule has 0 amide bonds. The van der Waals surface area contributed by atoms with E-state index < -0.39 is 0 Å². The van der Waals surface area contributed by atoms with Crippen LogP contribution >= 0.6 is 12.6 Å². The molecule has 0 spiro atoms. The van der Waals surface area contributed by atoms with Gasteiger partial charge in [-0.1, -0.05) is 6.07 Å². The van der Waals surface area contributed by atoms with Crippen LogP contribution in [0.5, 0.6) is 0 Å². The molecule has 4 heteroatoms. The Bertz CT molecular complexity index is 689. The van der Waals surface area contributed by atoms with E-state index in [1.54, 1.807) is 6.20 Å². The summed E-state index contributed by atoms with van der Waals surface area (Å²) in [5.41, 5.74) is 4.34. The van der Waals surface area contributed by atoms with Gasteiger partial charge >= 0.3 is 0 Å². The first-order chi connectivity index (χ1) is 8.79. The Labute approximate surface area is 111 Å². The smallest absolute Gasteiger partial charge is 0.142 e. The first kappa shape index (κ1) is 11.3. The van der Waals surface area contributed by atoms with Crippen molar-refractivity contribution in [3.63, 3.8) is 0 Å². The summed E-state index contributed by atoms with van der Waals surface area (Å²) in [6.07, 6.45) is 3.60. The van der Waals surface area contributed by atoms with E-state index in [1.165, 1.54) is 5.56 Å². The molecule has 3 aromatic rings. The summed E-state index contributed by atoms with van der Waals surface area (Å²) >= 11 is 4.29. The Kier molecular flexibility index (Phi) is 2.80. The lowest BCUT2D eigenvalue weighted by Crippen LogP contribution is -1.92. The molecule has 2 aromatic heterocycles. The molecular formula is C14H13N3S. The number of hydrogen-bond donors (Lipinski definition) is 1. The van der Waals surface area contributed by atoms with Gasteiger partial charge in [0.15, 0.2) is 0 Å². The Morgan fingerprint density at radius 1 is 1.28 bits per heavy atom. The highest BCUT2D eigenvalue weighted by molar-refractivity contribution is 7.79. The van der Waals surface area contributed by atoms with Gasteiger partial charge in [-0.25, -0.2) is 4.98 Å². The Balaban J connectivity index is 2.23. The van der Waals surface area contributed by atoms with Crippen LogP contribution in [-0.2, 0) is 12.8 Å². The average Bonchev–Trinajstić information content (AvgIpc) is 2.76. The largest absolute Gasteiger partial charge is 0.327 e. The summed E-state index contributed by atoms with van der Waals surface area (Å²) in [5.74, 6) is 1.67. The number of rotatable bonds is 2. The first-order valence-electron chi connectivity index (χ1n) is 5.76. The van der Waals surface area contributed by atoms with Crippen LogP contribution in [0.15, 0.2) is 42.7 Å². The minimum Gasteiger partial charge on any atom is -0.327 e. The minimum atomic E-state index is 0.731. The summed E-state index contributed by atoms with van der Waals surface area (Å²) in [6.45, 7) is 0. The molecule has 0 aliphatic rings. The first-order valence-corrected chi connectivity index (χ1v) is 6.39. The van der Waals surface area contributed by atoms with E-state index in [9.17, 15) is 0 Å². The molecule has 18 heavy (non-hydrogen) atoms. The second kappa shape index (κ2) is 4.46. The van der Waals surface area contributed by atoms with Crippen molar-refractivity contribution in [2.45, 2.75) is 5.75 Å². The van der Waals surface area contributed by atoms with Crippen LogP contribution < -0.4 is 0 Å². The summed E-state index contributed by atoms with van der Waals surface area (Å²) in [6, 6.07) is 10.2. The van der Waals surface area contributed by atoms with E-state index >= 15 is 0 Å². The third kappa shape index (κ3) is 1.78. The fraction of sp³-hybridized carbons (Fsp3) is 0.143. The third-order valence-electron chi connectivity index (χ3n) is 3.05. The van der Waals surface area contributed by atoms with Gasteiger partial charge in [-0.15, -0.1) is 0 Å². The number of hydrogen-bond acceptors (Lipinski definition) is 3. The zero-order valence-electron chi connectivity index (χ0n) is 10.0. The van der Waals surface area contributed by atoms with Gasteiger partial charge in [0.05, 0.1) is 11.0 Å². The van der Waals surface area contributed by atoms with E-state index in [4.69, 9.17) is 0 Å². The van der Waals surface area contributed by atoms with Gasteiger partial charge in [-0.05, 0) is 29.8 Å². The van der Waals surface area contributed by atoms with Crippen LogP contribution in [0.3, 0.4) is 0 Å². The van der Waals surface area contributed by atoms with E-state index in [-0.39, 0.29) is 0 Å². The molecule has 1 aromatic carbocycles. The predicted molar refractivity (Wildman–Crippen MR) is 76.6 cm³/mol. The highest BCUT2D eigenvalue weighted by Crippen LogP contribution is 2.24. The van der Waals surface area contributed by atoms with Gasteiger partial charge in [-0.3, -0.25) is 4.98 Å². The number of nitrogens with zero attached hydrogens (tertiary/aromatic N) is 3. The minimum absolute atomic E-state index is 0.731. The second-order valence-corrected chi connectivity index (χ2v) is 4.53. The van der Waals surface area contributed by atoms with E-state index in [1.807, 2.05) is 25.4 Å². The SMILES string of the molecule is Cn1c(-c2cccnc2)nc2cc(CS)ccc21. The second-order valence-electron chi connectivity index (χ2n) is 4.22. The normalized spacial score (nSPS) is 11.0. The molecule has 2 heterocycles. The monoisotopic (exact) mass is 255 g/mol. The molecule has 0 aliphatic carbocycles. The Morgan fingerprint density at radius 2 is 2.17 bits per heavy atom. The van der Waals surface area contributed by atoms with Crippen LogP contribution in [0, 0.1) is 0 Å². The standard InChI is InChI=1S/C14H13N3S/c1-17-13-5-4-10(9-18)7-12(13)16-14(17)11-3-2-6-15-8-11/h2-8,18H,9H2,1H3. The molecule has 90 valence electrons. The lowest BCUT2D eigenvalue weighted by Gasteiger charge is -2.01. The number of aromatic nitrogens is 3. The highest BCUT2D eigenvalue weighted by atomic mass is 32.1. The summed E-state index contributed by atoms with van der Waals surface area (Å²) < 4.78 is 2.09. The van der Waals surface area contributed by atoms with Crippen LogP contribution in [0.4, 0.5) is 0 Å². The van der Waals surface area contributed by atoms with Crippen molar-refractivity contribution in [2.75, 3.05) is 0 Å². The third-order valence-corrected chi connectivity index (χ3v) is 3.41. The van der Waals surface area contributed by atoms with Crippen molar-refractivity contribution in [1.29, 1.82) is 0 Å². The molecule has 0 N–H and O–H groups in total. The van der Waals surface area contributed by atoms with Gasteiger partial charge in [-0.2, -0.15) is 12.6 Å². The molecular weight excluding hydrogens is 242 g/mol. The number of aryl methyl sites for hydroxylation is 1. The molecule has 0 radical (unpaired) electrons. The Morgan fingerprint density at radius 3 is 2.89 bits per heavy atom. The number of thiol groups is 1. The number of fused-ring (bicyclic) bond motifs is 1. The van der Waals surface area contributed by atoms with Gasteiger partial charge in [0.2, 0.25) is 0 Å². The lowest BCUT2D eigenvalue weighted by molar-refractivity contribution is 0.957. The van der Waals surface area contributed by atoms with Crippen LogP contribution in [0.1, 0.15) is 5.56 Å². The van der Waals surface area contributed by atoms with Crippen LogP contribution in [0.2, 0.25) is 0 Å². The molecule has 0 unspecified atom stereocenters. The molecule has 0 atom stereocenters. The van der Waals surface area contributed by atoms with E-state index in [0.717, 1.165) is 28.2 Å². The van der Waals surface area contributed by atoms with Crippen LogP contribution in [0.25, 0.3) is 22.4 Å². The topological polar surface area (TPSA) is 30.7 Å². The fourth-order valence-electron chi connectivity index (χ4n) is 2.10. The fourth-order valence-corrected chi connectivity index (χ4v) is 2.29. The molecule has 0 saturated heterocycles. The van der Waals surface area contributed by atoms with Gasteiger partial charge < -0.3 is 4.57 Å². The number of imidazole rings is 1. The average molecular weight is 255 g/mol. The maximum Gasteiger partial charge on any atom is 0.142 e. The molecule has 0 fully saturated rings. The van der Waals surface area contributed by atoms with Crippen molar-refractivity contribution in [1.82, 2.24) is 14.5 Å². The number of benzene rings is 1. The summed E-state index contributed by atoms with van der Waals surface area (Å²) in [7, 11) is 2.03. The van der Waals surface area contributed by atoms with Gasteiger partial charge in [0, 0.05) is 30.8 Å². The van der Waals surface area contributed by atoms with Gasteiger partial charge in [0.25, 0.3) is 0 Å². The quantitative estimate of drug-likeness (QED) is 0.713. The maximum absolute atomic E-state index is 4.68. The molecule has 3 rings (SSSR count). The van der Waals surface area contributed by atoms with Crippen molar-refractivity contribution in [2.24, 2.45) is 7.05 Å². The van der Waals surface area contributed by atoms with Crippen molar-refractivity contribution < 1.29 is 0 Å². The van der Waals surface area contributed by atoms with E-state index in [2.05, 4.69) is 45.4 Å². The van der Waals surface area contributed by atoms with Crippen LogP contribution in [-0.4, -0.2) is 14.5 Å². The lowest BCUT2D eigenvalue weighted by atomic mass is 10.2. The molecule has 0 bridgehead atoms.